The van der Waals surface area contributed by atoms with Gasteiger partial charge in [-0.3, -0.25) is 4.72 Å². The van der Waals surface area contributed by atoms with E-state index in [1.54, 1.807) is 61.7 Å². The first-order valence-corrected chi connectivity index (χ1v) is 12.4. The maximum atomic E-state index is 13.0. The number of anilines is 1. The molecule has 11 nitrogen and oxygen atoms in total. The summed E-state index contributed by atoms with van der Waals surface area (Å²) in [5.41, 5.74) is 0.648. The van der Waals surface area contributed by atoms with Crippen molar-refractivity contribution in [3.05, 3.63) is 78.0 Å². The van der Waals surface area contributed by atoms with Gasteiger partial charge in [-0.25, -0.2) is 23.4 Å². The average molecular weight is 522 g/mol. The molecule has 190 valence electrons. The highest BCUT2D eigenvalue weighted by molar-refractivity contribution is 7.95. The van der Waals surface area contributed by atoms with Gasteiger partial charge in [0.1, 0.15) is 5.75 Å². The third kappa shape index (κ3) is 6.30. The minimum absolute atomic E-state index is 0.0293. The molecule has 4 aromatic rings. The number of hydrogen-bond donors (Lipinski definition) is 1. The number of hydrogen-bond acceptors (Lipinski definition) is 10. The molecule has 0 spiro atoms. The molecule has 0 aliphatic carbocycles. The van der Waals surface area contributed by atoms with Crippen LogP contribution >= 0.6 is 0 Å². The summed E-state index contributed by atoms with van der Waals surface area (Å²) in [6.45, 7) is 0. The smallest absolute Gasteiger partial charge is 0.263 e. The molecular formula is C25H23N5O6S. The van der Waals surface area contributed by atoms with Crippen LogP contribution in [0.3, 0.4) is 0 Å². The van der Waals surface area contributed by atoms with Gasteiger partial charge >= 0.3 is 0 Å². The summed E-state index contributed by atoms with van der Waals surface area (Å²) < 4.78 is 50.4. The second-order valence-corrected chi connectivity index (χ2v) is 8.85. The number of aromatic nitrogens is 4. The summed E-state index contributed by atoms with van der Waals surface area (Å²) in [5.74, 6) is 1.26. The minimum Gasteiger partial charge on any atom is -0.497 e. The van der Waals surface area contributed by atoms with Crippen molar-refractivity contribution in [3.63, 3.8) is 0 Å². The van der Waals surface area contributed by atoms with Crippen LogP contribution in [-0.2, 0) is 10.0 Å². The Labute approximate surface area is 213 Å². The van der Waals surface area contributed by atoms with Gasteiger partial charge in [0.05, 0.1) is 26.7 Å². The molecule has 0 bridgehead atoms. The number of methoxy groups -OCH3 is 3. The van der Waals surface area contributed by atoms with E-state index in [2.05, 4.69) is 24.7 Å². The van der Waals surface area contributed by atoms with E-state index in [1.807, 2.05) is 0 Å². The third-order valence-corrected chi connectivity index (χ3v) is 5.84. The van der Waals surface area contributed by atoms with E-state index in [0.29, 0.717) is 22.8 Å². The summed E-state index contributed by atoms with van der Waals surface area (Å²) >= 11 is 0. The topological polar surface area (TPSA) is 135 Å². The van der Waals surface area contributed by atoms with E-state index >= 15 is 0 Å². The molecule has 12 heteroatoms. The van der Waals surface area contributed by atoms with E-state index < -0.39 is 10.0 Å². The van der Waals surface area contributed by atoms with Crippen molar-refractivity contribution in [2.45, 2.75) is 0 Å². The van der Waals surface area contributed by atoms with E-state index in [9.17, 15) is 8.42 Å². The van der Waals surface area contributed by atoms with Gasteiger partial charge in [0.25, 0.3) is 15.9 Å². The average Bonchev–Trinajstić information content (AvgIpc) is 2.93. The van der Waals surface area contributed by atoms with Gasteiger partial charge in [-0.1, -0.05) is 24.3 Å². The number of para-hydroxylation sites is 2. The van der Waals surface area contributed by atoms with E-state index in [0.717, 1.165) is 5.41 Å². The molecule has 2 aromatic carbocycles. The lowest BCUT2D eigenvalue weighted by Gasteiger charge is -2.16. The van der Waals surface area contributed by atoms with Crippen molar-refractivity contribution >= 4 is 21.9 Å². The zero-order valence-electron chi connectivity index (χ0n) is 20.2. The summed E-state index contributed by atoms with van der Waals surface area (Å²) in [5, 5.41) is 1.01. The van der Waals surface area contributed by atoms with Crippen LogP contribution < -0.4 is 23.7 Å². The molecule has 0 fully saturated rings. The van der Waals surface area contributed by atoms with Crippen LogP contribution in [-0.4, -0.2) is 49.7 Å². The van der Waals surface area contributed by atoms with E-state index in [4.69, 9.17) is 18.9 Å². The summed E-state index contributed by atoms with van der Waals surface area (Å²) in [6, 6.07) is 15.4. The number of benzene rings is 2. The fraction of sp³-hybridized carbons (Fsp3) is 0.120. The van der Waals surface area contributed by atoms with Crippen molar-refractivity contribution in [3.8, 4) is 40.5 Å². The summed E-state index contributed by atoms with van der Waals surface area (Å²) in [6.07, 6.45) is 4.46. The third-order valence-electron chi connectivity index (χ3n) is 4.87. The van der Waals surface area contributed by atoms with Gasteiger partial charge in [-0.05, 0) is 42.0 Å². The second-order valence-electron chi connectivity index (χ2n) is 7.28. The molecule has 0 atom stereocenters. The Balaban J connectivity index is 1.76. The zero-order chi connectivity index (χ0) is 26.3. The molecule has 0 unspecified atom stereocenters. The van der Waals surface area contributed by atoms with Crippen LogP contribution in [0, 0.1) is 0 Å². The number of rotatable bonds is 10. The van der Waals surface area contributed by atoms with Crippen LogP contribution in [0.1, 0.15) is 5.56 Å². The number of nitrogens with one attached hydrogen (secondary N) is 1. The Morgan fingerprint density at radius 3 is 2.14 bits per heavy atom. The second kappa shape index (κ2) is 11.4. The first kappa shape index (κ1) is 25.4. The van der Waals surface area contributed by atoms with Crippen LogP contribution in [0.15, 0.2) is 72.4 Å². The van der Waals surface area contributed by atoms with E-state index in [-0.39, 0.29) is 29.1 Å². The lowest BCUT2D eigenvalue weighted by Crippen LogP contribution is -2.13. The van der Waals surface area contributed by atoms with Crippen molar-refractivity contribution in [1.29, 1.82) is 0 Å². The number of sulfonamides is 1. The molecule has 0 amide bonds. The van der Waals surface area contributed by atoms with Crippen molar-refractivity contribution in [2.75, 3.05) is 26.1 Å². The van der Waals surface area contributed by atoms with Gasteiger partial charge in [0, 0.05) is 12.4 Å². The maximum absolute atomic E-state index is 13.0. The molecule has 2 aromatic heterocycles. The summed E-state index contributed by atoms with van der Waals surface area (Å²) in [7, 11) is 0.343. The molecular weight excluding hydrogens is 498 g/mol. The number of nitrogens with zero attached hydrogens (tertiary/aromatic N) is 4. The van der Waals surface area contributed by atoms with Gasteiger partial charge in [-0.15, -0.1) is 0 Å². The highest BCUT2D eigenvalue weighted by Gasteiger charge is 2.23. The van der Waals surface area contributed by atoms with Crippen LogP contribution in [0.4, 0.5) is 5.82 Å². The highest BCUT2D eigenvalue weighted by Crippen LogP contribution is 2.40. The largest absolute Gasteiger partial charge is 0.497 e. The molecule has 37 heavy (non-hydrogen) atoms. The quantitative estimate of drug-likeness (QED) is 0.324. The van der Waals surface area contributed by atoms with Crippen LogP contribution in [0.2, 0.25) is 0 Å². The molecule has 0 aliphatic heterocycles. The molecule has 0 saturated heterocycles. The van der Waals surface area contributed by atoms with Crippen LogP contribution in [0.5, 0.6) is 28.9 Å². The monoisotopic (exact) mass is 521 g/mol. The first-order valence-electron chi connectivity index (χ1n) is 10.8. The predicted molar refractivity (Wildman–Crippen MR) is 137 cm³/mol. The molecule has 0 aliphatic rings. The zero-order valence-corrected chi connectivity index (χ0v) is 21.0. The van der Waals surface area contributed by atoms with Crippen molar-refractivity contribution in [1.82, 2.24) is 19.9 Å². The van der Waals surface area contributed by atoms with Gasteiger partial charge in [0.15, 0.2) is 23.1 Å². The fourth-order valence-electron chi connectivity index (χ4n) is 3.11. The maximum Gasteiger partial charge on any atom is 0.263 e. The Morgan fingerprint density at radius 2 is 1.49 bits per heavy atom. The first-order chi connectivity index (χ1) is 17.9. The van der Waals surface area contributed by atoms with Crippen molar-refractivity contribution < 1.29 is 27.4 Å². The lowest BCUT2D eigenvalue weighted by atomic mass is 10.2. The van der Waals surface area contributed by atoms with Gasteiger partial charge < -0.3 is 18.9 Å². The Bertz CT molecular complexity index is 1500. The Kier molecular flexibility index (Phi) is 7.79. The SMILES string of the molecule is COc1ccc(/C=C/S(=O)(=O)Nc2nc(-c3ncccn3)nc(OC)c2Oc2ccccc2OC)cc1. The predicted octanol–water partition coefficient (Wildman–Crippen LogP) is 4.16. The molecule has 4 rings (SSSR count). The Hall–Kier alpha value is -4.71. The molecule has 0 saturated carbocycles. The molecule has 1 N–H and O–H groups in total. The highest BCUT2D eigenvalue weighted by atomic mass is 32.2. The van der Waals surface area contributed by atoms with Gasteiger partial charge in [0.2, 0.25) is 11.6 Å². The minimum atomic E-state index is -4.06. The van der Waals surface area contributed by atoms with Gasteiger partial charge in [-0.2, -0.15) is 4.98 Å². The molecule has 0 radical (unpaired) electrons. The molecule has 2 heterocycles. The van der Waals surface area contributed by atoms with E-state index in [1.165, 1.54) is 32.7 Å². The Morgan fingerprint density at radius 1 is 0.784 bits per heavy atom. The van der Waals surface area contributed by atoms with Crippen molar-refractivity contribution in [2.24, 2.45) is 0 Å². The number of ether oxygens (including phenoxy) is 4. The van der Waals surface area contributed by atoms with Crippen LogP contribution in [0.25, 0.3) is 17.7 Å². The lowest BCUT2D eigenvalue weighted by molar-refractivity contribution is 0.348. The summed E-state index contributed by atoms with van der Waals surface area (Å²) in [4.78, 5) is 16.9. The normalized spacial score (nSPS) is 11.2. The fourth-order valence-corrected chi connectivity index (χ4v) is 3.92. The standard InChI is InChI=1S/C25H23N5O6S/c1-33-18-11-9-17(10-12-18)13-16-37(31,32)30-22-21(36-20-8-5-4-7-19(20)34-2)25(35-3)29-24(28-22)23-26-14-6-15-27-23/h4-16H,1-3H3,(H,28,29,30)/b16-13+.